The van der Waals surface area contributed by atoms with Crippen molar-refractivity contribution in [2.75, 3.05) is 0 Å². The molecule has 2 heterocycles. The predicted octanol–water partition coefficient (Wildman–Crippen LogP) is 1.38. The minimum atomic E-state index is -0.512. The van der Waals surface area contributed by atoms with Crippen molar-refractivity contribution < 1.29 is 5.11 Å². The molecule has 2 aromatic heterocycles. The molecule has 0 fully saturated rings. The summed E-state index contributed by atoms with van der Waals surface area (Å²) in [6, 6.07) is 1.83. The van der Waals surface area contributed by atoms with Crippen LogP contribution in [0.15, 0.2) is 24.7 Å². The van der Waals surface area contributed by atoms with Gasteiger partial charge in [-0.25, -0.2) is 4.37 Å². The number of rotatable bonds is 3. The SMILES string of the molecule is Cc1cnn(CC(O)c2ccns2)c1. The summed E-state index contributed by atoms with van der Waals surface area (Å²) in [6.45, 7) is 2.46. The Labute approximate surface area is 86.0 Å². The lowest BCUT2D eigenvalue weighted by atomic mass is 10.3. The first-order valence-corrected chi connectivity index (χ1v) is 5.11. The molecule has 74 valence electrons. The maximum absolute atomic E-state index is 9.78. The second-order valence-electron chi connectivity index (χ2n) is 3.17. The lowest BCUT2D eigenvalue weighted by Crippen LogP contribution is -2.07. The van der Waals surface area contributed by atoms with E-state index in [1.165, 1.54) is 11.5 Å². The molecule has 1 N–H and O–H groups in total. The Balaban J connectivity index is 2.05. The molecule has 0 radical (unpaired) electrons. The van der Waals surface area contributed by atoms with Crippen molar-refractivity contribution in [2.45, 2.75) is 19.6 Å². The van der Waals surface area contributed by atoms with Crippen LogP contribution in [-0.4, -0.2) is 19.3 Å². The lowest BCUT2D eigenvalue weighted by Gasteiger charge is -2.07. The molecule has 0 spiro atoms. The number of aliphatic hydroxyl groups is 1. The van der Waals surface area contributed by atoms with Gasteiger partial charge in [-0.15, -0.1) is 0 Å². The normalized spacial score (nSPS) is 13.0. The van der Waals surface area contributed by atoms with E-state index >= 15 is 0 Å². The number of hydrogen-bond donors (Lipinski definition) is 1. The Morgan fingerprint density at radius 1 is 1.64 bits per heavy atom. The third-order valence-corrected chi connectivity index (χ3v) is 2.75. The predicted molar refractivity (Wildman–Crippen MR) is 54.0 cm³/mol. The zero-order valence-corrected chi connectivity index (χ0v) is 8.61. The molecular weight excluding hydrogens is 198 g/mol. The summed E-state index contributed by atoms with van der Waals surface area (Å²) in [5, 5.41) is 13.9. The van der Waals surface area contributed by atoms with Crippen molar-refractivity contribution in [3.05, 3.63) is 35.1 Å². The topological polar surface area (TPSA) is 50.9 Å². The van der Waals surface area contributed by atoms with Gasteiger partial charge in [-0.3, -0.25) is 4.68 Å². The summed E-state index contributed by atoms with van der Waals surface area (Å²) in [4.78, 5) is 0.873. The Hall–Kier alpha value is -1.20. The summed E-state index contributed by atoms with van der Waals surface area (Å²) < 4.78 is 5.68. The van der Waals surface area contributed by atoms with Gasteiger partial charge in [0.2, 0.25) is 0 Å². The number of hydrogen-bond acceptors (Lipinski definition) is 4. The molecule has 2 aromatic rings. The molecule has 0 saturated heterocycles. The van der Waals surface area contributed by atoms with Crippen LogP contribution in [-0.2, 0) is 6.54 Å². The van der Waals surface area contributed by atoms with E-state index in [2.05, 4.69) is 9.47 Å². The van der Waals surface area contributed by atoms with E-state index < -0.39 is 6.10 Å². The van der Waals surface area contributed by atoms with Crippen molar-refractivity contribution >= 4 is 11.5 Å². The molecule has 4 nitrogen and oxygen atoms in total. The molecular formula is C9H11N3OS. The largest absolute Gasteiger partial charge is 0.386 e. The third kappa shape index (κ3) is 2.00. The molecule has 1 atom stereocenters. The van der Waals surface area contributed by atoms with Crippen LogP contribution in [0.5, 0.6) is 0 Å². The zero-order valence-electron chi connectivity index (χ0n) is 7.79. The molecule has 0 bridgehead atoms. The highest BCUT2D eigenvalue weighted by Gasteiger charge is 2.10. The summed E-state index contributed by atoms with van der Waals surface area (Å²) >= 11 is 1.32. The van der Waals surface area contributed by atoms with Gasteiger partial charge in [-0.1, -0.05) is 0 Å². The molecule has 0 aliphatic rings. The van der Waals surface area contributed by atoms with E-state index in [1.54, 1.807) is 17.1 Å². The number of nitrogens with zero attached hydrogens (tertiary/aromatic N) is 3. The van der Waals surface area contributed by atoms with E-state index in [0.29, 0.717) is 6.54 Å². The molecule has 5 heteroatoms. The van der Waals surface area contributed by atoms with Gasteiger partial charge in [0.1, 0.15) is 6.10 Å². The van der Waals surface area contributed by atoms with E-state index in [-0.39, 0.29) is 0 Å². The fourth-order valence-electron chi connectivity index (χ4n) is 1.23. The smallest absolute Gasteiger partial charge is 0.109 e. The van der Waals surface area contributed by atoms with Crippen LogP contribution >= 0.6 is 11.5 Å². The van der Waals surface area contributed by atoms with Gasteiger partial charge in [0.15, 0.2) is 0 Å². The second kappa shape index (κ2) is 3.89. The first-order valence-electron chi connectivity index (χ1n) is 4.33. The van der Waals surface area contributed by atoms with E-state index in [1.807, 2.05) is 19.2 Å². The molecule has 2 rings (SSSR count). The van der Waals surface area contributed by atoms with Crippen LogP contribution in [0.2, 0.25) is 0 Å². The van der Waals surface area contributed by atoms with Crippen LogP contribution in [0, 0.1) is 6.92 Å². The van der Waals surface area contributed by atoms with Crippen LogP contribution in [0.25, 0.3) is 0 Å². The first kappa shape index (κ1) is 9.36. The van der Waals surface area contributed by atoms with Crippen molar-refractivity contribution in [3.8, 4) is 0 Å². The van der Waals surface area contributed by atoms with Crippen molar-refractivity contribution in [1.82, 2.24) is 14.2 Å². The van der Waals surface area contributed by atoms with Crippen molar-refractivity contribution in [1.29, 1.82) is 0 Å². The Bertz CT molecular complexity index is 396. The minimum absolute atomic E-state index is 0.482. The molecule has 0 aliphatic carbocycles. The highest BCUT2D eigenvalue weighted by molar-refractivity contribution is 7.05. The summed E-state index contributed by atoms with van der Waals surface area (Å²) in [5.74, 6) is 0. The fourth-order valence-corrected chi connectivity index (χ4v) is 1.79. The van der Waals surface area contributed by atoms with E-state index in [9.17, 15) is 5.11 Å². The van der Waals surface area contributed by atoms with Gasteiger partial charge in [0.05, 0.1) is 17.6 Å². The molecule has 0 amide bonds. The van der Waals surface area contributed by atoms with Gasteiger partial charge >= 0.3 is 0 Å². The van der Waals surface area contributed by atoms with Crippen molar-refractivity contribution in [3.63, 3.8) is 0 Å². The molecule has 0 aromatic carbocycles. The van der Waals surface area contributed by atoms with E-state index in [0.717, 1.165) is 10.4 Å². The standard InChI is InChI=1S/C9H11N3OS/c1-7-4-10-12(5-7)6-8(13)9-2-3-11-14-9/h2-5,8,13H,6H2,1H3. The Kier molecular flexibility index (Phi) is 2.60. The molecule has 1 unspecified atom stereocenters. The highest BCUT2D eigenvalue weighted by atomic mass is 32.1. The average molecular weight is 209 g/mol. The van der Waals surface area contributed by atoms with E-state index in [4.69, 9.17) is 0 Å². The fraction of sp³-hybridized carbons (Fsp3) is 0.333. The van der Waals surface area contributed by atoms with Gasteiger partial charge in [0, 0.05) is 12.4 Å². The second-order valence-corrected chi connectivity index (χ2v) is 4.04. The van der Waals surface area contributed by atoms with Gasteiger partial charge in [0.25, 0.3) is 0 Å². The summed E-state index contributed by atoms with van der Waals surface area (Å²) in [5.41, 5.74) is 1.10. The number of aryl methyl sites for hydroxylation is 1. The highest BCUT2D eigenvalue weighted by Crippen LogP contribution is 2.17. The lowest BCUT2D eigenvalue weighted by molar-refractivity contribution is 0.155. The average Bonchev–Trinajstić information content (AvgIpc) is 2.75. The maximum atomic E-state index is 9.78. The molecule has 0 aliphatic heterocycles. The van der Waals surface area contributed by atoms with Crippen LogP contribution in [0.4, 0.5) is 0 Å². The van der Waals surface area contributed by atoms with Gasteiger partial charge in [-0.05, 0) is 30.1 Å². The summed E-state index contributed by atoms with van der Waals surface area (Å²) in [7, 11) is 0. The number of aromatic nitrogens is 3. The molecule has 0 saturated carbocycles. The minimum Gasteiger partial charge on any atom is -0.386 e. The Morgan fingerprint density at radius 2 is 2.50 bits per heavy atom. The third-order valence-electron chi connectivity index (χ3n) is 1.91. The Morgan fingerprint density at radius 3 is 3.07 bits per heavy atom. The quantitative estimate of drug-likeness (QED) is 0.831. The van der Waals surface area contributed by atoms with Gasteiger partial charge < -0.3 is 5.11 Å². The zero-order chi connectivity index (χ0) is 9.97. The van der Waals surface area contributed by atoms with Crippen LogP contribution in [0.3, 0.4) is 0 Å². The van der Waals surface area contributed by atoms with Gasteiger partial charge in [-0.2, -0.15) is 5.10 Å². The maximum Gasteiger partial charge on any atom is 0.109 e. The summed E-state index contributed by atoms with van der Waals surface area (Å²) in [6.07, 6.45) is 4.86. The first-order chi connectivity index (χ1) is 6.75. The molecule has 14 heavy (non-hydrogen) atoms. The van der Waals surface area contributed by atoms with Crippen molar-refractivity contribution in [2.24, 2.45) is 0 Å². The van der Waals surface area contributed by atoms with Crippen LogP contribution in [0.1, 0.15) is 16.5 Å². The monoisotopic (exact) mass is 209 g/mol. The number of aliphatic hydroxyl groups excluding tert-OH is 1. The van der Waals surface area contributed by atoms with Crippen LogP contribution < -0.4 is 0 Å².